The van der Waals surface area contributed by atoms with Crippen molar-refractivity contribution < 1.29 is 4.79 Å². The Kier molecular flexibility index (Phi) is 3.78. The highest BCUT2D eigenvalue weighted by Crippen LogP contribution is 2.29. The van der Waals surface area contributed by atoms with Gasteiger partial charge in [0, 0.05) is 25.0 Å². The third kappa shape index (κ3) is 3.13. The second kappa shape index (κ2) is 5.70. The quantitative estimate of drug-likeness (QED) is 0.895. The average Bonchev–Trinajstić information content (AvgIpc) is 3.31. The SMILES string of the molecule is O=C(c1cccnc1)N(CC1CCCNC1)C1CC1. The van der Waals surface area contributed by atoms with Gasteiger partial charge >= 0.3 is 0 Å². The van der Waals surface area contributed by atoms with E-state index in [0.29, 0.717) is 12.0 Å². The van der Waals surface area contributed by atoms with E-state index >= 15 is 0 Å². The smallest absolute Gasteiger partial charge is 0.255 e. The highest BCUT2D eigenvalue weighted by atomic mass is 16.2. The Balaban J connectivity index is 1.68. The molecule has 2 fully saturated rings. The van der Waals surface area contributed by atoms with Crippen molar-refractivity contribution in [2.75, 3.05) is 19.6 Å². The number of nitrogens with zero attached hydrogens (tertiary/aromatic N) is 2. The number of nitrogens with one attached hydrogen (secondary N) is 1. The molecule has 1 aromatic heterocycles. The first-order valence-electron chi connectivity index (χ1n) is 7.26. The zero-order valence-electron chi connectivity index (χ0n) is 11.2. The minimum Gasteiger partial charge on any atom is -0.335 e. The van der Waals surface area contributed by atoms with Crippen LogP contribution in [-0.2, 0) is 0 Å². The van der Waals surface area contributed by atoms with Crippen LogP contribution in [0.4, 0.5) is 0 Å². The molecular formula is C15H21N3O. The Morgan fingerprint density at radius 3 is 2.95 bits per heavy atom. The van der Waals surface area contributed by atoms with Gasteiger partial charge in [-0.05, 0) is 56.8 Å². The highest BCUT2D eigenvalue weighted by molar-refractivity contribution is 5.94. The van der Waals surface area contributed by atoms with Crippen LogP contribution in [0.1, 0.15) is 36.0 Å². The molecule has 1 aromatic rings. The molecule has 4 heteroatoms. The maximum absolute atomic E-state index is 12.6. The zero-order valence-corrected chi connectivity index (χ0v) is 11.2. The minimum absolute atomic E-state index is 0.154. The number of carbonyl (C=O) groups is 1. The van der Waals surface area contributed by atoms with Crippen LogP contribution < -0.4 is 5.32 Å². The van der Waals surface area contributed by atoms with Crippen LogP contribution in [-0.4, -0.2) is 41.5 Å². The van der Waals surface area contributed by atoms with Crippen LogP contribution in [0.3, 0.4) is 0 Å². The number of hydrogen-bond acceptors (Lipinski definition) is 3. The predicted octanol–water partition coefficient (Wildman–Crippen LogP) is 1.69. The summed E-state index contributed by atoms with van der Waals surface area (Å²) < 4.78 is 0. The van der Waals surface area contributed by atoms with Gasteiger partial charge in [-0.2, -0.15) is 0 Å². The molecule has 0 spiro atoms. The Labute approximate surface area is 114 Å². The van der Waals surface area contributed by atoms with E-state index in [4.69, 9.17) is 0 Å². The monoisotopic (exact) mass is 259 g/mol. The van der Waals surface area contributed by atoms with Crippen LogP contribution in [0, 0.1) is 5.92 Å². The Morgan fingerprint density at radius 2 is 2.32 bits per heavy atom. The molecule has 1 aliphatic heterocycles. The summed E-state index contributed by atoms with van der Waals surface area (Å²) in [6.07, 6.45) is 8.17. The first kappa shape index (κ1) is 12.6. The van der Waals surface area contributed by atoms with Gasteiger partial charge < -0.3 is 10.2 Å². The van der Waals surface area contributed by atoms with E-state index in [1.54, 1.807) is 12.4 Å². The fraction of sp³-hybridized carbons (Fsp3) is 0.600. The summed E-state index contributed by atoms with van der Waals surface area (Å²) in [5.41, 5.74) is 0.721. The summed E-state index contributed by atoms with van der Waals surface area (Å²) in [6, 6.07) is 4.17. The first-order chi connectivity index (χ1) is 9.34. The van der Waals surface area contributed by atoms with Gasteiger partial charge in [0.25, 0.3) is 5.91 Å². The van der Waals surface area contributed by atoms with Gasteiger partial charge in [-0.3, -0.25) is 9.78 Å². The molecule has 0 radical (unpaired) electrons. The summed E-state index contributed by atoms with van der Waals surface area (Å²) in [6.45, 7) is 3.06. The fourth-order valence-corrected chi connectivity index (χ4v) is 2.80. The van der Waals surface area contributed by atoms with Crippen molar-refractivity contribution in [1.29, 1.82) is 0 Å². The van der Waals surface area contributed by atoms with Gasteiger partial charge in [0.1, 0.15) is 0 Å². The molecule has 102 valence electrons. The van der Waals surface area contributed by atoms with E-state index in [1.165, 1.54) is 12.8 Å². The number of amides is 1. The van der Waals surface area contributed by atoms with E-state index in [1.807, 2.05) is 12.1 Å². The molecule has 4 nitrogen and oxygen atoms in total. The van der Waals surface area contributed by atoms with Crippen LogP contribution >= 0.6 is 0 Å². The maximum atomic E-state index is 12.6. The largest absolute Gasteiger partial charge is 0.335 e. The summed E-state index contributed by atoms with van der Waals surface area (Å²) in [5.74, 6) is 0.760. The Bertz CT molecular complexity index is 424. The standard InChI is InChI=1S/C15H21N3O/c19-15(13-4-2-8-17-10-13)18(14-5-6-14)11-12-3-1-7-16-9-12/h2,4,8,10,12,14,16H,1,3,5-7,9,11H2. The van der Waals surface area contributed by atoms with Crippen molar-refractivity contribution in [2.24, 2.45) is 5.92 Å². The number of rotatable bonds is 4. The molecule has 1 aliphatic carbocycles. The molecule has 1 atom stereocenters. The van der Waals surface area contributed by atoms with Crippen molar-refractivity contribution in [3.05, 3.63) is 30.1 Å². The number of carbonyl (C=O) groups excluding carboxylic acids is 1. The lowest BCUT2D eigenvalue weighted by Gasteiger charge is -2.30. The lowest BCUT2D eigenvalue weighted by molar-refractivity contribution is 0.0703. The molecule has 2 aliphatic rings. The normalized spacial score (nSPS) is 23.1. The average molecular weight is 259 g/mol. The molecule has 3 rings (SSSR count). The minimum atomic E-state index is 0.154. The summed E-state index contributed by atoms with van der Waals surface area (Å²) in [7, 11) is 0. The number of aromatic nitrogens is 1. The van der Waals surface area contributed by atoms with Gasteiger partial charge in [-0.1, -0.05) is 0 Å². The van der Waals surface area contributed by atoms with E-state index in [2.05, 4.69) is 15.2 Å². The predicted molar refractivity (Wildman–Crippen MR) is 73.9 cm³/mol. The Morgan fingerprint density at radius 1 is 1.42 bits per heavy atom. The lowest BCUT2D eigenvalue weighted by atomic mass is 9.98. The zero-order chi connectivity index (χ0) is 13.1. The highest BCUT2D eigenvalue weighted by Gasteiger charge is 2.34. The molecule has 0 bridgehead atoms. The number of hydrogen-bond donors (Lipinski definition) is 1. The molecule has 1 amide bonds. The summed E-state index contributed by atoms with van der Waals surface area (Å²) >= 11 is 0. The van der Waals surface area contributed by atoms with E-state index in [0.717, 1.165) is 38.0 Å². The molecule has 2 heterocycles. The third-order valence-electron chi connectivity index (χ3n) is 4.01. The third-order valence-corrected chi connectivity index (χ3v) is 4.01. The molecular weight excluding hydrogens is 238 g/mol. The summed E-state index contributed by atoms with van der Waals surface area (Å²) in [4.78, 5) is 18.7. The van der Waals surface area contributed by atoms with Gasteiger partial charge in [0.15, 0.2) is 0 Å². The molecule has 1 saturated carbocycles. The fourth-order valence-electron chi connectivity index (χ4n) is 2.80. The van der Waals surface area contributed by atoms with Crippen LogP contribution in [0.2, 0.25) is 0 Å². The number of piperidine rings is 1. The van der Waals surface area contributed by atoms with Crippen LogP contribution in [0.5, 0.6) is 0 Å². The van der Waals surface area contributed by atoms with Gasteiger partial charge in [0.05, 0.1) is 5.56 Å². The maximum Gasteiger partial charge on any atom is 0.255 e. The second-order valence-electron chi connectivity index (χ2n) is 5.64. The van der Waals surface area contributed by atoms with Gasteiger partial charge in [-0.25, -0.2) is 0 Å². The van der Waals surface area contributed by atoms with E-state index in [-0.39, 0.29) is 5.91 Å². The lowest BCUT2D eigenvalue weighted by Crippen LogP contribution is -2.42. The molecule has 0 aromatic carbocycles. The molecule has 1 unspecified atom stereocenters. The summed E-state index contributed by atoms with van der Waals surface area (Å²) in [5, 5.41) is 3.43. The topological polar surface area (TPSA) is 45.2 Å². The molecule has 1 saturated heterocycles. The number of pyridine rings is 1. The second-order valence-corrected chi connectivity index (χ2v) is 5.64. The van der Waals surface area contributed by atoms with Gasteiger partial charge in [0.2, 0.25) is 0 Å². The van der Waals surface area contributed by atoms with Crippen molar-refractivity contribution in [1.82, 2.24) is 15.2 Å². The first-order valence-corrected chi connectivity index (χ1v) is 7.26. The van der Waals surface area contributed by atoms with E-state index < -0.39 is 0 Å². The van der Waals surface area contributed by atoms with Crippen LogP contribution in [0.15, 0.2) is 24.5 Å². The van der Waals surface area contributed by atoms with Crippen molar-refractivity contribution in [3.63, 3.8) is 0 Å². The molecule has 19 heavy (non-hydrogen) atoms. The Hall–Kier alpha value is -1.42. The van der Waals surface area contributed by atoms with E-state index in [9.17, 15) is 4.79 Å². The molecule has 1 N–H and O–H groups in total. The van der Waals surface area contributed by atoms with Crippen molar-refractivity contribution >= 4 is 5.91 Å². The van der Waals surface area contributed by atoms with Crippen molar-refractivity contribution in [2.45, 2.75) is 31.7 Å². The van der Waals surface area contributed by atoms with Crippen molar-refractivity contribution in [3.8, 4) is 0 Å². The van der Waals surface area contributed by atoms with Gasteiger partial charge in [-0.15, -0.1) is 0 Å². The van der Waals surface area contributed by atoms with Crippen LogP contribution in [0.25, 0.3) is 0 Å².